The van der Waals surface area contributed by atoms with E-state index >= 15 is 0 Å². The standard InChI is InChI=1S/C20H27N3O3/c1-6-14-12-15(26-21-14)16-18(25)22(5)19(20(2,3)4)23(16)17(24)13-10-8-7-9-11-13/h7-11,15-16,19H,6,12H2,1-5H3/t15?,16-,19-/m0/s1. The predicted octanol–water partition coefficient (Wildman–Crippen LogP) is 2.90. The van der Waals surface area contributed by atoms with Gasteiger partial charge in [-0.15, -0.1) is 0 Å². The van der Waals surface area contributed by atoms with Crippen molar-refractivity contribution in [1.29, 1.82) is 0 Å². The molecule has 3 atom stereocenters. The number of carbonyl (C=O) groups excluding carboxylic acids is 2. The zero-order chi connectivity index (χ0) is 19.1. The van der Waals surface area contributed by atoms with E-state index in [4.69, 9.17) is 4.84 Å². The maximum Gasteiger partial charge on any atom is 0.256 e. The quantitative estimate of drug-likeness (QED) is 0.836. The second-order valence-corrected chi connectivity index (χ2v) is 8.07. The van der Waals surface area contributed by atoms with Crippen molar-refractivity contribution in [2.45, 2.75) is 58.8 Å². The fraction of sp³-hybridized carbons (Fsp3) is 0.550. The molecule has 1 fully saturated rings. The number of rotatable bonds is 3. The fourth-order valence-corrected chi connectivity index (χ4v) is 3.92. The van der Waals surface area contributed by atoms with E-state index in [0.717, 1.165) is 12.1 Å². The lowest BCUT2D eigenvalue weighted by Gasteiger charge is -2.39. The Morgan fingerprint density at radius 3 is 2.46 bits per heavy atom. The average Bonchev–Trinajstić information content (AvgIpc) is 3.17. The van der Waals surface area contributed by atoms with Crippen LogP contribution >= 0.6 is 0 Å². The molecule has 0 aliphatic carbocycles. The molecule has 1 saturated heterocycles. The lowest BCUT2D eigenvalue weighted by atomic mass is 9.90. The summed E-state index contributed by atoms with van der Waals surface area (Å²) >= 11 is 0. The molecule has 1 unspecified atom stereocenters. The van der Waals surface area contributed by atoms with Crippen molar-refractivity contribution in [2.75, 3.05) is 7.05 Å². The minimum atomic E-state index is -0.662. The van der Waals surface area contributed by atoms with Gasteiger partial charge in [0.25, 0.3) is 11.8 Å². The van der Waals surface area contributed by atoms with E-state index in [2.05, 4.69) is 5.16 Å². The average molecular weight is 357 g/mol. The third kappa shape index (κ3) is 3.08. The molecule has 1 aromatic rings. The van der Waals surface area contributed by atoms with Crippen molar-refractivity contribution < 1.29 is 14.4 Å². The van der Waals surface area contributed by atoms with E-state index in [-0.39, 0.29) is 23.4 Å². The van der Waals surface area contributed by atoms with E-state index < -0.39 is 12.1 Å². The Bertz CT molecular complexity index is 724. The fourth-order valence-electron chi connectivity index (χ4n) is 3.92. The van der Waals surface area contributed by atoms with Crippen molar-refractivity contribution in [2.24, 2.45) is 10.6 Å². The molecular weight excluding hydrogens is 330 g/mol. The Hall–Kier alpha value is -2.37. The van der Waals surface area contributed by atoms with Gasteiger partial charge in [0, 0.05) is 24.4 Å². The first kappa shape index (κ1) is 18.4. The summed E-state index contributed by atoms with van der Waals surface area (Å²) in [7, 11) is 1.76. The van der Waals surface area contributed by atoms with Crippen molar-refractivity contribution in [3.05, 3.63) is 35.9 Å². The summed E-state index contributed by atoms with van der Waals surface area (Å²) in [5.41, 5.74) is 1.21. The number of hydrogen-bond acceptors (Lipinski definition) is 4. The van der Waals surface area contributed by atoms with Gasteiger partial charge in [0.05, 0.1) is 5.71 Å². The molecular formula is C20H27N3O3. The van der Waals surface area contributed by atoms with Gasteiger partial charge in [-0.1, -0.05) is 51.0 Å². The van der Waals surface area contributed by atoms with Crippen LogP contribution in [0.1, 0.15) is 50.9 Å². The highest BCUT2D eigenvalue weighted by molar-refractivity contribution is 6.00. The van der Waals surface area contributed by atoms with Crippen LogP contribution in [0.25, 0.3) is 0 Å². The van der Waals surface area contributed by atoms with Crippen molar-refractivity contribution >= 4 is 17.5 Å². The number of carbonyl (C=O) groups is 2. The normalized spacial score (nSPS) is 26.1. The first-order valence-electron chi connectivity index (χ1n) is 9.11. The third-order valence-corrected chi connectivity index (χ3v) is 5.07. The Labute approximate surface area is 154 Å². The lowest BCUT2D eigenvalue weighted by molar-refractivity contribution is -0.132. The number of hydrogen-bond donors (Lipinski definition) is 0. The summed E-state index contributed by atoms with van der Waals surface area (Å²) in [5.74, 6) is -0.242. The summed E-state index contributed by atoms with van der Waals surface area (Å²) in [6.45, 7) is 8.13. The van der Waals surface area contributed by atoms with Crippen molar-refractivity contribution in [3.8, 4) is 0 Å². The highest BCUT2D eigenvalue weighted by Crippen LogP contribution is 2.38. The molecule has 1 aromatic carbocycles. The Balaban J connectivity index is 2.00. The van der Waals surface area contributed by atoms with E-state index in [0.29, 0.717) is 12.0 Å². The Morgan fingerprint density at radius 1 is 1.27 bits per heavy atom. The van der Waals surface area contributed by atoms with Crippen LogP contribution in [0, 0.1) is 5.41 Å². The highest BCUT2D eigenvalue weighted by atomic mass is 16.6. The number of nitrogens with zero attached hydrogens (tertiary/aromatic N) is 3. The molecule has 6 nitrogen and oxygen atoms in total. The van der Waals surface area contributed by atoms with Gasteiger partial charge < -0.3 is 14.6 Å². The Kier molecular flexibility index (Phi) is 4.78. The molecule has 2 aliphatic rings. The topological polar surface area (TPSA) is 62.2 Å². The van der Waals surface area contributed by atoms with Gasteiger partial charge in [-0.05, 0) is 18.6 Å². The molecule has 0 saturated carbocycles. The van der Waals surface area contributed by atoms with Crippen LogP contribution in [0.3, 0.4) is 0 Å². The van der Waals surface area contributed by atoms with Gasteiger partial charge in [-0.2, -0.15) is 0 Å². The SMILES string of the molecule is CCC1=NOC([C@H]2C(=O)N(C)[C@H](C(C)(C)C)N2C(=O)c2ccccc2)C1. The third-order valence-electron chi connectivity index (χ3n) is 5.07. The van der Waals surface area contributed by atoms with Crippen LogP contribution in [-0.2, 0) is 9.63 Å². The van der Waals surface area contributed by atoms with Gasteiger partial charge in [0.2, 0.25) is 0 Å². The van der Waals surface area contributed by atoms with Crippen LogP contribution in [0.15, 0.2) is 35.5 Å². The second kappa shape index (κ2) is 6.74. The van der Waals surface area contributed by atoms with Crippen molar-refractivity contribution in [1.82, 2.24) is 9.80 Å². The summed E-state index contributed by atoms with van der Waals surface area (Å²) < 4.78 is 0. The zero-order valence-corrected chi connectivity index (χ0v) is 16.1. The molecule has 26 heavy (non-hydrogen) atoms. The summed E-state index contributed by atoms with van der Waals surface area (Å²) in [5, 5.41) is 4.10. The maximum atomic E-state index is 13.4. The molecule has 3 rings (SSSR count). The first-order valence-corrected chi connectivity index (χ1v) is 9.11. The molecule has 140 valence electrons. The van der Waals surface area contributed by atoms with Gasteiger partial charge in [-0.25, -0.2) is 0 Å². The van der Waals surface area contributed by atoms with E-state index in [1.54, 1.807) is 29.0 Å². The molecule has 2 aliphatic heterocycles. The molecule has 0 bridgehead atoms. The molecule has 0 radical (unpaired) electrons. The predicted molar refractivity (Wildman–Crippen MR) is 99.6 cm³/mol. The zero-order valence-electron chi connectivity index (χ0n) is 16.1. The van der Waals surface area contributed by atoms with Gasteiger partial charge in [-0.3, -0.25) is 9.59 Å². The molecule has 0 N–H and O–H groups in total. The summed E-state index contributed by atoms with van der Waals surface area (Å²) in [6, 6.07) is 8.44. The number of benzene rings is 1. The molecule has 0 aromatic heterocycles. The summed E-state index contributed by atoms with van der Waals surface area (Å²) in [6.07, 6.45) is 0.584. The second-order valence-electron chi connectivity index (χ2n) is 8.07. The minimum Gasteiger partial charge on any atom is -0.389 e. The minimum absolute atomic E-state index is 0.0910. The molecule has 6 heteroatoms. The van der Waals surface area contributed by atoms with Crippen molar-refractivity contribution in [3.63, 3.8) is 0 Å². The van der Waals surface area contributed by atoms with E-state index in [1.807, 2.05) is 45.9 Å². The van der Waals surface area contributed by atoms with Gasteiger partial charge in [0.1, 0.15) is 6.17 Å². The first-order chi connectivity index (χ1) is 12.3. The van der Waals surface area contributed by atoms with Gasteiger partial charge >= 0.3 is 0 Å². The Morgan fingerprint density at radius 2 is 1.92 bits per heavy atom. The van der Waals surface area contributed by atoms with Crippen LogP contribution in [0.4, 0.5) is 0 Å². The number of likely N-dealkylation sites (N-methyl/N-ethyl adjacent to an activating group) is 1. The largest absolute Gasteiger partial charge is 0.389 e. The van der Waals surface area contributed by atoms with Crippen LogP contribution < -0.4 is 0 Å². The van der Waals surface area contributed by atoms with Gasteiger partial charge in [0.15, 0.2) is 12.1 Å². The van der Waals surface area contributed by atoms with Crippen LogP contribution in [0.5, 0.6) is 0 Å². The molecule has 2 amide bonds. The van der Waals surface area contributed by atoms with E-state index in [1.165, 1.54) is 0 Å². The van der Waals surface area contributed by atoms with Crippen LogP contribution in [0.2, 0.25) is 0 Å². The number of oxime groups is 1. The van der Waals surface area contributed by atoms with Crippen LogP contribution in [-0.4, -0.2) is 52.7 Å². The molecule has 2 heterocycles. The maximum absolute atomic E-state index is 13.4. The number of amides is 2. The summed E-state index contributed by atoms with van der Waals surface area (Å²) in [4.78, 5) is 35.4. The smallest absolute Gasteiger partial charge is 0.256 e. The molecule has 0 spiro atoms. The lowest BCUT2D eigenvalue weighted by Crippen LogP contribution is -2.53. The van der Waals surface area contributed by atoms with E-state index in [9.17, 15) is 9.59 Å². The monoisotopic (exact) mass is 357 g/mol. The highest BCUT2D eigenvalue weighted by Gasteiger charge is 2.55.